The van der Waals surface area contributed by atoms with Crippen molar-refractivity contribution in [3.63, 3.8) is 0 Å². The molecule has 0 rings (SSSR count). The van der Waals surface area contributed by atoms with Gasteiger partial charge in [0.1, 0.15) is 6.61 Å². The fraction of sp³-hybridized carbons (Fsp3) is 0.688. The van der Waals surface area contributed by atoms with Crippen molar-refractivity contribution in [3.8, 4) is 0 Å². The van der Waals surface area contributed by atoms with E-state index in [0.717, 1.165) is 12.0 Å². The molecule has 0 aromatic rings. The van der Waals surface area contributed by atoms with Crippen LogP contribution in [0.15, 0.2) is 24.3 Å². The molecule has 18 heavy (non-hydrogen) atoms. The van der Waals surface area contributed by atoms with E-state index in [4.69, 9.17) is 4.74 Å². The zero-order valence-electron chi connectivity index (χ0n) is 12.7. The Morgan fingerprint density at radius 1 is 1.33 bits per heavy atom. The van der Waals surface area contributed by atoms with Crippen LogP contribution in [0, 0.1) is 17.3 Å². The topological polar surface area (TPSA) is 26.3 Å². The van der Waals surface area contributed by atoms with Crippen molar-refractivity contribution >= 4 is 5.97 Å². The van der Waals surface area contributed by atoms with Gasteiger partial charge in [-0.25, -0.2) is 0 Å². The van der Waals surface area contributed by atoms with Gasteiger partial charge in [0.15, 0.2) is 0 Å². The Bertz CT molecular complexity index is 313. The fourth-order valence-electron chi connectivity index (χ4n) is 1.98. The molecule has 0 aliphatic carbocycles. The van der Waals surface area contributed by atoms with Crippen molar-refractivity contribution in [3.05, 3.63) is 24.3 Å². The molecule has 0 saturated carbocycles. The van der Waals surface area contributed by atoms with Crippen molar-refractivity contribution in [2.75, 3.05) is 6.61 Å². The average molecular weight is 252 g/mol. The maximum absolute atomic E-state index is 12.3. The van der Waals surface area contributed by atoms with Crippen LogP contribution in [0.25, 0.3) is 0 Å². The highest BCUT2D eigenvalue weighted by Crippen LogP contribution is 2.35. The lowest BCUT2D eigenvalue weighted by atomic mass is 9.73. The summed E-state index contributed by atoms with van der Waals surface area (Å²) in [5.74, 6) is 0.642. The largest absolute Gasteiger partial charge is 0.460 e. The van der Waals surface area contributed by atoms with Crippen molar-refractivity contribution < 1.29 is 9.53 Å². The molecule has 0 N–H and O–H groups in total. The molecular formula is C16H28O2. The first-order chi connectivity index (χ1) is 8.27. The van der Waals surface area contributed by atoms with Crippen molar-refractivity contribution in [2.24, 2.45) is 17.3 Å². The fourth-order valence-corrected chi connectivity index (χ4v) is 1.98. The summed E-state index contributed by atoms with van der Waals surface area (Å²) in [6.45, 7) is 16.4. The highest BCUT2D eigenvalue weighted by Gasteiger charge is 2.38. The van der Waals surface area contributed by atoms with Crippen LogP contribution in [0.1, 0.15) is 48.0 Å². The Morgan fingerprint density at radius 3 is 2.22 bits per heavy atom. The quantitative estimate of drug-likeness (QED) is 0.497. The molecule has 2 nitrogen and oxygen atoms in total. The molecule has 0 spiro atoms. The Morgan fingerprint density at radius 2 is 1.89 bits per heavy atom. The number of allylic oxidation sites excluding steroid dienone is 1. The molecule has 1 atom stereocenters. The van der Waals surface area contributed by atoms with Crippen LogP contribution in [0.5, 0.6) is 0 Å². The van der Waals surface area contributed by atoms with Crippen molar-refractivity contribution in [1.82, 2.24) is 0 Å². The molecule has 0 aliphatic heterocycles. The number of ether oxygens (including phenoxy) is 1. The summed E-state index contributed by atoms with van der Waals surface area (Å²) < 4.78 is 5.43. The van der Waals surface area contributed by atoms with E-state index in [0.29, 0.717) is 12.5 Å². The normalized spacial score (nSPS) is 15.7. The lowest BCUT2D eigenvalue weighted by Gasteiger charge is -2.33. The first-order valence-electron chi connectivity index (χ1n) is 6.72. The van der Waals surface area contributed by atoms with E-state index in [9.17, 15) is 4.79 Å². The van der Waals surface area contributed by atoms with Gasteiger partial charge in [-0.2, -0.15) is 0 Å². The van der Waals surface area contributed by atoms with Crippen molar-refractivity contribution in [2.45, 2.75) is 48.0 Å². The van der Waals surface area contributed by atoms with Crippen molar-refractivity contribution in [1.29, 1.82) is 0 Å². The summed E-state index contributed by atoms with van der Waals surface area (Å²) in [6, 6.07) is 0. The number of rotatable bonds is 7. The Kier molecular flexibility index (Phi) is 6.97. The molecule has 0 aromatic heterocycles. The molecule has 0 heterocycles. The molecular weight excluding hydrogens is 224 g/mol. The molecule has 104 valence electrons. The van der Waals surface area contributed by atoms with Gasteiger partial charge in [0, 0.05) is 0 Å². The minimum absolute atomic E-state index is 0.104. The highest BCUT2D eigenvalue weighted by atomic mass is 16.5. The van der Waals surface area contributed by atoms with Crippen LogP contribution in [-0.4, -0.2) is 12.6 Å². The Hall–Kier alpha value is -1.05. The summed E-state index contributed by atoms with van der Waals surface area (Å²) in [5.41, 5.74) is 0.535. The number of carbonyl (C=O) groups excluding carboxylic acids is 1. The van der Waals surface area contributed by atoms with Crippen LogP contribution in [0.3, 0.4) is 0 Å². The molecule has 0 aliphatic rings. The predicted molar refractivity (Wildman–Crippen MR) is 77.3 cm³/mol. The number of carbonyl (C=O) groups is 1. The second-order valence-electron chi connectivity index (χ2n) is 5.81. The van der Waals surface area contributed by atoms with Crippen LogP contribution >= 0.6 is 0 Å². The van der Waals surface area contributed by atoms with Gasteiger partial charge in [-0.15, -0.1) is 0 Å². The van der Waals surface area contributed by atoms with Gasteiger partial charge in [-0.1, -0.05) is 46.4 Å². The Balaban J connectivity index is 4.73. The first-order valence-corrected chi connectivity index (χ1v) is 6.72. The van der Waals surface area contributed by atoms with E-state index in [1.165, 1.54) is 0 Å². The Labute approximate surface area is 112 Å². The van der Waals surface area contributed by atoms with Gasteiger partial charge in [-0.3, -0.25) is 4.79 Å². The lowest BCUT2D eigenvalue weighted by Crippen LogP contribution is -2.36. The SMILES string of the molecule is C=C/C(=C\C)COC(=O)C(C)(CC(C)C)C(C)C. The zero-order valence-corrected chi connectivity index (χ0v) is 12.7. The van der Waals surface area contributed by atoms with Gasteiger partial charge in [0.05, 0.1) is 5.41 Å². The molecule has 0 fully saturated rings. The summed E-state index contributed by atoms with van der Waals surface area (Å²) in [5, 5.41) is 0. The summed E-state index contributed by atoms with van der Waals surface area (Å²) in [4.78, 5) is 12.3. The maximum atomic E-state index is 12.3. The van der Waals surface area contributed by atoms with Crippen LogP contribution in [-0.2, 0) is 9.53 Å². The molecule has 0 radical (unpaired) electrons. The zero-order chi connectivity index (χ0) is 14.3. The number of hydrogen-bond acceptors (Lipinski definition) is 2. The molecule has 1 unspecified atom stereocenters. The third kappa shape index (κ3) is 4.67. The van der Waals surface area contributed by atoms with E-state index in [1.54, 1.807) is 6.08 Å². The van der Waals surface area contributed by atoms with Gasteiger partial charge < -0.3 is 4.74 Å². The molecule has 0 amide bonds. The minimum Gasteiger partial charge on any atom is -0.460 e. The summed E-state index contributed by atoms with van der Waals surface area (Å²) >= 11 is 0. The number of esters is 1. The van der Waals surface area contributed by atoms with Crippen LogP contribution in [0.4, 0.5) is 0 Å². The number of hydrogen-bond donors (Lipinski definition) is 0. The standard InChI is InChI=1S/C16H28O2/c1-8-14(9-2)11-18-15(17)16(7,13(5)6)10-12(3)4/h8-9,12-13H,1,10-11H2,2-7H3/b14-9+. The highest BCUT2D eigenvalue weighted by molar-refractivity contribution is 5.77. The maximum Gasteiger partial charge on any atom is 0.312 e. The molecule has 0 bridgehead atoms. The summed E-state index contributed by atoms with van der Waals surface area (Å²) in [6.07, 6.45) is 4.49. The smallest absolute Gasteiger partial charge is 0.312 e. The van der Waals surface area contributed by atoms with Gasteiger partial charge in [0.2, 0.25) is 0 Å². The molecule has 0 aromatic carbocycles. The van der Waals surface area contributed by atoms with Gasteiger partial charge in [-0.05, 0) is 37.7 Å². The third-order valence-corrected chi connectivity index (χ3v) is 3.58. The van der Waals surface area contributed by atoms with Crippen LogP contribution in [0.2, 0.25) is 0 Å². The van der Waals surface area contributed by atoms with E-state index in [2.05, 4.69) is 34.3 Å². The van der Waals surface area contributed by atoms with Gasteiger partial charge in [0.25, 0.3) is 0 Å². The van der Waals surface area contributed by atoms with Gasteiger partial charge >= 0.3 is 5.97 Å². The van der Waals surface area contributed by atoms with E-state index in [1.807, 2.05) is 19.9 Å². The molecule has 0 saturated heterocycles. The predicted octanol–water partition coefficient (Wildman–Crippen LogP) is 4.37. The second-order valence-corrected chi connectivity index (χ2v) is 5.81. The third-order valence-electron chi connectivity index (χ3n) is 3.58. The van der Waals surface area contributed by atoms with Crippen LogP contribution < -0.4 is 0 Å². The first kappa shape index (κ1) is 16.9. The van der Waals surface area contributed by atoms with E-state index >= 15 is 0 Å². The summed E-state index contributed by atoms with van der Waals surface area (Å²) in [7, 11) is 0. The lowest BCUT2D eigenvalue weighted by molar-refractivity contribution is -0.157. The minimum atomic E-state index is -0.409. The average Bonchev–Trinajstić information content (AvgIpc) is 2.28. The second kappa shape index (κ2) is 7.40. The van der Waals surface area contributed by atoms with E-state index in [-0.39, 0.29) is 11.9 Å². The molecule has 2 heteroatoms. The monoisotopic (exact) mass is 252 g/mol. The van der Waals surface area contributed by atoms with E-state index < -0.39 is 5.41 Å².